The molecule has 6 nitrogen and oxygen atoms in total. The van der Waals surface area contributed by atoms with E-state index >= 15 is 0 Å². The molecule has 0 saturated carbocycles. The Morgan fingerprint density at radius 3 is 1.40 bits per heavy atom. The van der Waals surface area contributed by atoms with Gasteiger partial charge in [-0.05, 0) is 11.6 Å². The molecule has 0 fully saturated rings. The van der Waals surface area contributed by atoms with E-state index in [-0.39, 0.29) is 55.0 Å². The van der Waals surface area contributed by atoms with Crippen LogP contribution in [-0.4, -0.2) is 24.1 Å². The molecule has 0 atom stereocenters. The molecular weight excluding hydrogens is 389 g/mol. The second kappa shape index (κ2) is 15.8. The van der Waals surface area contributed by atoms with Crippen molar-refractivity contribution in [3.05, 3.63) is 75.4 Å². The number of hydrogen-bond donors (Lipinski definition) is 1. The van der Waals surface area contributed by atoms with Crippen molar-refractivity contribution >= 4 is 0 Å². The predicted octanol–water partition coefficient (Wildman–Crippen LogP) is 3.13. The Morgan fingerprint density at radius 1 is 0.920 bits per heavy atom. The summed E-state index contributed by atoms with van der Waals surface area (Å²) in [5, 5.41) is 0. The molecule has 0 bridgehead atoms. The smallest absolute Gasteiger partial charge is 0.364 e. The maximum Gasteiger partial charge on any atom is 3.00 e. The number of H-pyrrole nitrogens is 1. The maximum absolute atomic E-state index is 3.87. The molecule has 25 heavy (non-hydrogen) atoms. The van der Waals surface area contributed by atoms with Crippen molar-refractivity contribution in [1.29, 1.82) is 0 Å². The SMILES string of the molecule is C.C.C.[CH2-]c1[nH]cc[n+]1C.[CH2-]c1nccn1C.[CH2-]c1nccn1C.[Y+3]. The van der Waals surface area contributed by atoms with Crippen LogP contribution in [-0.2, 0) is 53.9 Å². The van der Waals surface area contributed by atoms with Crippen LogP contribution in [0.15, 0.2) is 37.2 Å². The van der Waals surface area contributed by atoms with Gasteiger partial charge in [0.2, 0.25) is 0 Å². The first-order chi connectivity index (χ1) is 9.91. The fraction of sp³-hybridized carbons (Fsp3) is 0.333. The molecule has 0 aliphatic carbocycles. The van der Waals surface area contributed by atoms with E-state index in [1.165, 1.54) is 0 Å². The third kappa shape index (κ3) is 11.5. The number of imidazole rings is 3. The van der Waals surface area contributed by atoms with Gasteiger partial charge in [-0.2, -0.15) is 0 Å². The molecule has 1 N–H and O–H groups in total. The average Bonchev–Trinajstić information content (AvgIpc) is 3.11. The van der Waals surface area contributed by atoms with Crippen molar-refractivity contribution in [2.24, 2.45) is 21.1 Å². The van der Waals surface area contributed by atoms with Gasteiger partial charge in [0, 0.05) is 38.9 Å². The molecule has 138 valence electrons. The third-order valence-corrected chi connectivity index (χ3v) is 2.82. The second-order valence-electron chi connectivity index (χ2n) is 4.43. The Balaban J connectivity index is -0.000000122. The molecule has 3 aromatic rings. The van der Waals surface area contributed by atoms with E-state index in [0.717, 1.165) is 17.5 Å². The van der Waals surface area contributed by atoms with Crippen molar-refractivity contribution in [2.75, 3.05) is 0 Å². The summed E-state index contributed by atoms with van der Waals surface area (Å²) < 4.78 is 5.64. The van der Waals surface area contributed by atoms with Crippen LogP contribution in [0.25, 0.3) is 0 Å². The molecule has 0 unspecified atom stereocenters. The van der Waals surface area contributed by atoms with Crippen LogP contribution in [0.3, 0.4) is 0 Å². The van der Waals surface area contributed by atoms with E-state index in [9.17, 15) is 0 Å². The summed E-state index contributed by atoms with van der Waals surface area (Å²) in [6, 6.07) is 0. The molecular formula is C18H34N6Y+. The molecule has 0 amide bonds. The van der Waals surface area contributed by atoms with Crippen LogP contribution in [0.5, 0.6) is 0 Å². The van der Waals surface area contributed by atoms with Gasteiger partial charge in [0.1, 0.15) is 18.2 Å². The number of nitrogens with one attached hydrogen (secondary N) is 1. The Kier molecular flexibility index (Phi) is 19.7. The van der Waals surface area contributed by atoms with Crippen LogP contribution >= 0.6 is 0 Å². The zero-order chi connectivity index (χ0) is 15.8. The second-order valence-corrected chi connectivity index (χ2v) is 4.43. The van der Waals surface area contributed by atoms with Crippen LogP contribution in [0, 0.1) is 20.8 Å². The van der Waals surface area contributed by atoms with E-state index < -0.39 is 0 Å². The van der Waals surface area contributed by atoms with Crippen LogP contribution in [0.1, 0.15) is 39.8 Å². The van der Waals surface area contributed by atoms with E-state index in [1.54, 1.807) is 12.4 Å². The van der Waals surface area contributed by atoms with Crippen molar-refractivity contribution in [2.45, 2.75) is 22.3 Å². The van der Waals surface area contributed by atoms with Crippen molar-refractivity contribution in [1.82, 2.24) is 24.1 Å². The fourth-order valence-electron chi connectivity index (χ4n) is 1.23. The van der Waals surface area contributed by atoms with Crippen molar-refractivity contribution < 1.29 is 37.3 Å². The quantitative estimate of drug-likeness (QED) is 0.446. The topological polar surface area (TPSA) is 55.3 Å². The summed E-state index contributed by atoms with van der Waals surface area (Å²) in [6.07, 6.45) is 10.9. The van der Waals surface area contributed by atoms with Crippen LogP contribution in [0.4, 0.5) is 0 Å². The predicted molar refractivity (Wildman–Crippen MR) is 102 cm³/mol. The molecule has 0 radical (unpaired) electrons. The van der Waals surface area contributed by atoms with Gasteiger partial charge in [-0.3, -0.25) is 26.4 Å². The molecule has 0 aliphatic heterocycles. The summed E-state index contributed by atoms with van der Waals surface area (Å²) in [5.41, 5.74) is 0. The van der Waals surface area contributed by atoms with Gasteiger partial charge in [-0.25, -0.2) is 0 Å². The first-order valence-electron chi connectivity index (χ1n) is 6.35. The number of aromatic amines is 1. The van der Waals surface area contributed by atoms with Gasteiger partial charge in [0.05, 0.1) is 7.05 Å². The number of hydrogen-bond acceptors (Lipinski definition) is 2. The van der Waals surface area contributed by atoms with E-state index in [1.807, 2.05) is 59.6 Å². The summed E-state index contributed by atoms with van der Waals surface area (Å²) in [5.74, 6) is 2.54. The fourth-order valence-corrected chi connectivity index (χ4v) is 1.23. The number of rotatable bonds is 0. The first kappa shape index (κ1) is 31.1. The Hall–Kier alpha value is -1.66. The maximum atomic E-state index is 3.87. The number of aryl methyl sites for hydroxylation is 3. The first-order valence-corrected chi connectivity index (χ1v) is 6.35. The normalized spacial score (nSPS) is 7.80. The molecule has 0 saturated heterocycles. The minimum absolute atomic E-state index is 0. The van der Waals surface area contributed by atoms with Gasteiger partial charge in [-0.15, -0.1) is 0 Å². The summed E-state index contributed by atoms with van der Waals surface area (Å²) >= 11 is 0. The van der Waals surface area contributed by atoms with Gasteiger partial charge in [0.25, 0.3) is 0 Å². The third-order valence-electron chi connectivity index (χ3n) is 2.82. The van der Waals surface area contributed by atoms with Crippen molar-refractivity contribution in [3.8, 4) is 0 Å². The van der Waals surface area contributed by atoms with Crippen molar-refractivity contribution in [3.63, 3.8) is 0 Å². The zero-order valence-corrected chi connectivity index (χ0v) is 16.2. The number of aromatic nitrogens is 6. The van der Waals surface area contributed by atoms with E-state index in [0.29, 0.717) is 0 Å². The summed E-state index contributed by atoms with van der Waals surface area (Å²) in [7, 11) is 5.77. The average molecular weight is 423 g/mol. The summed E-state index contributed by atoms with van der Waals surface area (Å²) in [4.78, 5) is 10.7. The minimum Gasteiger partial charge on any atom is -0.364 e. The van der Waals surface area contributed by atoms with Gasteiger partial charge in [-0.1, -0.05) is 22.3 Å². The monoisotopic (exact) mass is 423 g/mol. The standard InChI is InChI=1S/3C5H7N2.3CH4.Y/c3*1-5-6-3-4-7(5)2;;;;/h3*3-4H,1H2,2H3;3*1H4;/q3*-1;;;;+3/p+1. The van der Waals surface area contributed by atoms with Crippen LogP contribution in [0.2, 0.25) is 0 Å². The number of nitrogens with zero attached hydrogens (tertiary/aromatic N) is 5. The molecule has 0 aliphatic rings. The van der Waals surface area contributed by atoms with Gasteiger partial charge in [0.15, 0.2) is 0 Å². The molecule has 0 spiro atoms. The largest absolute Gasteiger partial charge is 3.00 e. The van der Waals surface area contributed by atoms with E-state index in [2.05, 4.69) is 35.7 Å². The Bertz CT molecular complexity index is 513. The Morgan fingerprint density at radius 2 is 1.32 bits per heavy atom. The molecule has 3 rings (SSSR count). The molecule has 7 heteroatoms. The zero-order valence-electron chi connectivity index (χ0n) is 13.4. The van der Waals surface area contributed by atoms with Crippen LogP contribution < -0.4 is 4.57 Å². The van der Waals surface area contributed by atoms with E-state index in [4.69, 9.17) is 0 Å². The molecule has 3 heterocycles. The minimum atomic E-state index is 0. The Labute approximate surface area is 179 Å². The van der Waals surface area contributed by atoms with Gasteiger partial charge >= 0.3 is 32.7 Å². The molecule has 0 aromatic carbocycles. The molecule has 3 aromatic heterocycles. The van der Waals surface area contributed by atoms with Gasteiger partial charge < -0.3 is 23.0 Å². The summed E-state index contributed by atoms with van der Waals surface area (Å²) in [6.45, 7) is 11.0.